The van der Waals surface area contributed by atoms with Crippen LogP contribution in [-0.2, 0) is 4.74 Å². The first kappa shape index (κ1) is 48.5. The SMILES string of the molecule is C.C.COC(=O)c1ccc2nc(Cl)c(N(C)C(C)C)nc2c1.N#Cc1ccc(B(O)O)cc1.[C-]#[N+]c1ccc(-c2nc3ccc(C(=O)O)cc3nc2N(C)C(C)C)cc1. The fraction of sp³-hybridized carbons (Fsp3) is 0.256. The molecule has 6 aromatic rings. The van der Waals surface area contributed by atoms with Gasteiger partial charge in [-0.15, -0.1) is 0 Å². The van der Waals surface area contributed by atoms with E-state index in [9.17, 15) is 14.7 Å². The molecule has 2 heterocycles. The van der Waals surface area contributed by atoms with Gasteiger partial charge in [0.05, 0.1) is 58.5 Å². The highest BCUT2D eigenvalue weighted by Gasteiger charge is 2.19. The monoisotopic (exact) mass is 818 g/mol. The van der Waals surface area contributed by atoms with E-state index >= 15 is 0 Å². The van der Waals surface area contributed by atoms with Crippen molar-refractivity contribution in [2.24, 2.45) is 0 Å². The number of aromatic nitrogens is 4. The molecule has 0 amide bonds. The summed E-state index contributed by atoms with van der Waals surface area (Å²) in [5.41, 5.74) is 6.06. The number of fused-ring (bicyclic) bond motifs is 2. The van der Waals surface area contributed by atoms with Crippen molar-refractivity contribution in [3.05, 3.63) is 118 Å². The van der Waals surface area contributed by atoms with Crippen LogP contribution in [0.15, 0.2) is 84.9 Å². The maximum Gasteiger partial charge on any atom is 0.488 e. The number of hydrogen-bond acceptors (Lipinski definition) is 12. The number of carboxylic acids is 1. The summed E-state index contributed by atoms with van der Waals surface area (Å²) in [5, 5.41) is 35.3. The average molecular weight is 819 g/mol. The number of esters is 1. The average Bonchev–Trinajstić information content (AvgIpc) is 3.22. The third-order valence-electron chi connectivity index (χ3n) is 8.74. The summed E-state index contributed by atoms with van der Waals surface area (Å²) < 4.78 is 4.70. The van der Waals surface area contributed by atoms with Crippen LogP contribution in [-0.4, -0.2) is 87.4 Å². The largest absolute Gasteiger partial charge is 0.488 e. The molecule has 0 spiro atoms. The quantitative estimate of drug-likeness (QED) is 0.0766. The molecule has 0 aliphatic heterocycles. The van der Waals surface area contributed by atoms with E-state index in [1.165, 1.54) is 43.5 Å². The number of nitrogens with zero attached hydrogens (tertiary/aromatic N) is 8. The zero-order chi connectivity index (χ0) is 42.0. The topological polar surface area (TPSA) is 190 Å². The summed E-state index contributed by atoms with van der Waals surface area (Å²) in [6.07, 6.45) is 0. The lowest BCUT2D eigenvalue weighted by Crippen LogP contribution is -2.29. The highest BCUT2D eigenvalue weighted by atomic mass is 35.5. The zero-order valence-corrected chi connectivity index (χ0v) is 33.1. The Morgan fingerprint density at radius 2 is 1.29 bits per heavy atom. The zero-order valence-electron chi connectivity index (χ0n) is 32.3. The summed E-state index contributed by atoms with van der Waals surface area (Å²) in [4.78, 5) is 48.4. The van der Waals surface area contributed by atoms with Gasteiger partial charge in [-0.2, -0.15) is 5.26 Å². The van der Waals surface area contributed by atoms with Crippen molar-refractivity contribution in [1.29, 1.82) is 5.26 Å². The maximum atomic E-state index is 11.5. The number of benzene rings is 4. The molecule has 59 heavy (non-hydrogen) atoms. The lowest BCUT2D eigenvalue weighted by molar-refractivity contribution is 0.0600. The minimum Gasteiger partial charge on any atom is -0.478 e. The highest BCUT2D eigenvalue weighted by Crippen LogP contribution is 2.32. The van der Waals surface area contributed by atoms with Gasteiger partial charge < -0.3 is 29.7 Å². The molecule has 16 heteroatoms. The number of ether oxygens (including phenoxy) is 1. The van der Waals surface area contributed by atoms with Gasteiger partial charge in [0, 0.05) is 31.7 Å². The lowest BCUT2D eigenvalue weighted by Gasteiger charge is -2.25. The van der Waals surface area contributed by atoms with Gasteiger partial charge in [-0.3, -0.25) is 0 Å². The van der Waals surface area contributed by atoms with Gasteiger partial charge in [0.2, 0.25) is 0 Å². The molecule has 4 aromatic carbocycles. The van der Waals surface area contributed by atoms with Crippen LogP contribution in [0.1, 0.15) is 68.8 Å². The number of aromatic carboxylic acids is 1. The number of carboxylic acid groups (broad SMARTS) is 1. The van der Waals surface area contributed by atoms with Crippen LogP contribution in [0.4, 0.5) is 17.3 Å². The van der Waals surface area contributed by atoms with E-state index in [1.54, 1.807) is 36.4 Å². The Bertz CT molecular complexity index is 2470. The Labute approximate surface area is 350 Å². The molecule has 6 rings (SSSR count). The van der Waals surface area contributed by atoms with Crippen LogP contribution < -0.4 is 15.3 Å². The molecule has 14 nitrogen and oxygen atoms in total. The van der Waals surface area contributed by atoms with E-state index < -0.39 is 19.1 Å². The first-order valence-corrected chi connectivity index (χ1v) is 17.9. The fourth-order valence-electron chi connectivity index (χ4n) is 5.02. The number of rotatable bonds is 8. The van der Waals surface area contributed by atoms with Gasteiger partial charge in [0.1, 0.15) is 5.69 Å². The Kier molecular flexibility index (Phi) is 17.9. The molecule has 0 fully saturated rings. The van der Waals surface area contributed by atoms with Crippen LogP contribution in [0.25, 0.3) is 38.2 Å². The molecule has 0 radical (unpaired) electrons. The molecule has 0 saturated heterocycles. The van der Waals surface area contributed by atoms with Gasteiger partial charge in [-0.1, -0.05) is 62.9 Å². The van der Waals surface area contributed by atoms with Crippen molar-refractivity contribution in [2.75, 3.05) is 31.0 Å². The second kappa shape index (κ2) is 21.8. The van der Waals surface area contributed by atoms with Crippen LogP contribution in [0.3, 0.4) is 0 Å². The van der Waals surface area contributed by atoms with E-state index in [0.29, 0.717) is 66.8 Å². The van der Waals surface area contributed by atoms with E-state index in [-0.39, 0.29) is 32.5 Å². The second-order valence-corrected chi connectivity index (χ2v) is 13.5. The second-order valence-electron chi connectivity index (χ2n) is 13.1. The number of carbonyl (C=O) groups excluding carboxylic acids is 1. The molecule has 0 unspecified atom stereocenters. The van der Waals surface area contributed by atoms with E-state index in [4.69, 9.17) is 48.2 Å². The Morgan fingerprint density at radius 1 is 0.780 bits per heavy atom. The van der Waals surface area contributed by atoms with Gasteiger partial charge in [-0.25, -0.2) is 34.4 Å². The third kappa shape index (κ3) is 12.2. The van der Waals surface area contributed by atoms with Crippen LogP contribution in [0.2, 0.25) is 5.15 Å². The molecular formula is C43H48BClN8O6. The molecular weight excluding hydrogens is 771 g/mol. The normalized spacial score (nSPS) is 10.1. The number of carbonyl (C=O) groups is 2. The first-order chi connectivity index (χ1) is 27.1. The number of nitriles is 1. The van der Waals surface area contributed by atoms with Gasteiger partial charge in [0.25, 0.3) is 0 Å². The van der Waals surface area contributed by atoms with E-state index in [2.05, 4.69) is 14.8 Å². The molecule has 3 N–H and O–H groups in total. The van der Waals surface area contributed by atoms with Crippen molar-refractivity contribution < 1.29 is 29.5 Å². The first-order valence-electron chi connectivity index (χ1n) is 17.5. The highest BCUT2D eigenvalue weighted by molar-refractivity contribution is 6.58. The summed E-state index contributed by atoms with van der Waals surface area (Å²) in [7, 11) is 3.72. The number of methoxy groups -OCH3 is 1. The predicted octanol–water partition coefficient (Wildman–Crippen LogP) is 7.82. The third-order valence-corrected chi connectivity index (χ3v) is 9.00. The molecule has 0 aliphatic carbocycles. The lowest BCUT2D eigenvalue weighted by atomic mass is 9.80. The van der Waals surface area contributed by atoms with Crippen LogP contribution >= 0.6 is 11.6 Å². The standard InChI is InChI=1S/C20H18N4O2.C14H16ClN3O2.C7H6BNO2.2CH4/c1-12(2)24(4)19-18(13-5-8-15(21-3)9-6-13)22-16-10-7-14(20(25)26)11-17(16)23-19;1-8(2)18(3)13-12(15)16-10-6-5-9(14(19)20-4)7-11(10)17-13;9-5-6-1-3-7(4-2-6)8(10)11;;/h5-12H,1-2,4H3,(H,25,26);5-8H,1-4H3;1-4,10-11H;2*1H4. The number of halogens is 1. The minimum atomic E-state index is -1.46. The van der Waals surface area contributed by atoms with Gasteiger partial charge in [0.15, 0.2) is 22.5 Å². The Balaban J connectivity index is 0.000000323. The van der Waals surface area contributed by atoms with Crippen molar-refractivity contribution in [1.82, 2.24) is 19.9 Å². The van der Waals surface area contributed by atoms with Gasteiger partial charge >= 0.3 is 19.1 Å². The molecule has 0 atom stereocenters. The molecule has 306 valence electrons. The molecule has 0 bridgehead atoms. The fourth-order valence-corrected chi connectivity index (χ4v) is 5.29. The van der Waals surface area contributed by atoms with E-state index in [1.807, 2.05) is 69.8 Å². The summed E-state index contributed by atoms with van der Waals surface area (Å²) in [6.45, 7) is 15.3. The number of hydrogen-bond donors (Lipinski definition) is 3. The van der Waals surface area contributed by atoms with Crippen molar-refractivity contribution in [3.8, 4) is 17.3 Å². The minimum absolute atomic E-state index is 0. The Hall–Kier alpha value is -6.65. The van der Waals surface area contributed by atoms with Crippen molar-refractivity contribution in [3.63, 3.8) is 0 Å². The van der Waals surface area contributed by atoms with Crippen LogP contribution in [0.5, 0.6) is 0 Å². The van der Waals surface area contributed by atoms with Crippen molar-refractivity contribution >= 4 is 75.5 Å². The summed E-state index contributed by atoms with van der Waals surface area (Å²) in [5.74, 6) is -0.129. The summed E-state index contributed by atoms with van der Waals surface area (Å²) >= 11 is 6.16. The van der Waals surface area contributed by atoms with Crippen LogP contribution in [0, 0.1) is 17.9 Å². The van der Waals surface area contributed by atoms with Gasteiger partial charge in [-0.05, 0) is 81.7 Å². The molecule has 2 aromatic heterocycles. The predicted molar refractivity (Wildman–Crippen MR) is 236 cm³/mol. The summed E-state index contributed by atoms with van der Waals surface area (Å²) in [6, 6.07) is 25.4. The Morgan fingerprint density at radius 3 is 1.78 bits per heavy atom. The number of anilines is 2. The van der Waals surface area contributed by atoms with Crippen molar-refractivity contribution in [2.45, 2.75) is 54.6 Å². The van der Waals surface area contributed by atoms with E-state index in [0.717, 1.165) is 5.56 Å². The molecule has 0 aliphatic rings. The maximum absolute atomic E-state index is 11.5. The smallest absolute Gasteiger partial charge is 0.478 e. The molecule has 0 saturated carbocycles.